The van der Waals surface area contributed by atoms with Crippen molar-refractivity contribution in [3.05, 3.63) is 53.9 Å². The second-order valence-electron chi connectivity index (χ2n) is 3.35. The summed E-state index contributed by atoms with van der Waals surface area (Å²) in [5.41, 5.74) is 0.630. The molecule has 0 aliphatic rings. The molecule has 2 rings (SSSR count). The fourth-order valence-corrected chi connectivity index (χ4v) is 1.43. The van der Waals surface area contributed by atoms with Gasteiger partial charge in [0.05, 0.1) is 0 Å². The van der Waals surface area contributed by atoms with Crippen LogP contribution < -0.4 is 0 Å². The van der Waals surface area contributed by atoms with Crippen molar-refractivity contribution in [2.24, 2.45) is 7.05 Å². The summed E-state index contributed by atoms with van der Waals surface area (Å²) in [4.78, 5) is 4.03. The molecule has 0 spiro atoms. The zero-order chi connectivity index (χ0) is 10.8. The quantitative estimate of drug-likeness (QED) is 0.811. The minimum atomic E-state index is -0.814. The third-order valence-corrected chi connectivity index (χ3v) is 2.29. The summed E-state index contributed by atoms with van der Waals surface area (Å²) in [5, 5.41) is 9.95. The van der Waals surface area contributed by atoms with Crippen molar-refractivity contribution in [1.29, 1.82) is 0 Å². The summed E-state index contributed by atoms with van der Waals surface area (Å²) in [6.45, 7) is 0. The van der Waals surface area contributed by atoms with E-state index >= 15 is 0 Å². The molecule has 1 unspecified atom stereocenters. The Hall–Kier alpha value is -1.68. The number of imidazole rings is 1. The van der Waals surface area contributed by atoms with E-state index in [2.05, 4.69) is 4.98 Å². The van der Waals surface area contributed by atoms with Crippen molar-refractivity contribution >= 4 is 0 Å². The van der Waals surface area contributed by atoms with Gasteiger partial charge in [-0.3, -0.25) is 0 Å². The molecule has 3 nitrogen and oxygen atoms in total. The van der Waals surface area contributed by atoms with Crippen molar-refractivity contribution in [1.82, 2.24) is 9.55 Å². The van der Waals surface area contributed by atoms with Crippen LogP contribution in [0, 0.1) is 5.82 Å². The van der Waals surface area contributed by atoms with E-state index in [1.165, 1.54) is 12.1 Å². The van der Waals surface area contributed by atoms with Crippen LogP contribution in [0.4, 0.5) is 4.39 Å². The van der Waals surface area contributed by atoms with Crippen LogP contribution in [-0.4, -0.2) is 14.7 Å². The first-order valence-corrected chi connectivity index (χ1v) is 4.59. The normalized spacial score (nSPS) is 12.7. The van der Waals surface area contributed by atoms with Crippen LogP contribution in [0.3, 0.4) is 0 Å². The minimum Gasteiger partial charge on any atom is -0.380 e. The summed E-state index contributed by atoms with van der Waals surface area (Å²) in [6.07, 6.45) is 2.55. The van der Waals surface area contributed by atoms with Crippen LogP contribution >= 0.6 is 0 Å². The van der Waals surface area contributed by atoms with E-state index in [0.717, 1.165) is 0 Å². The van der Waals surface area contributed by atoms with Gasteiger partial charge in [0.15, 0.2) is 0 Å². The van der Waals surface area contributed by atoms with Crippen LogP contribution in [0.2, 0.25) is 0 Å². The molecule has 78 valence electrons. The Balaban J connectivity index is 2.32. The van der Waals surface area contributed by atoms with Gasteiger partial charge in [-0.05, 0) is 17.7 Å². The van der Waals surface area contributed by atoms with Crippen LogP contribution in [0.15, 0.2) is 36.7 Å². The Kier molecular flexibility index (Phi) is 2.51. The smallest absolute Gasteiger partial charge is 0.142 e. The van der Waals surface area contributed by atoms with E-state index < -0.39 is 6.10 Å². The molecule has 1 aromatic carbocycles. The van der Waals surface area contributed by atoms with Gasteiger partial charge in [-0.2, -0.15) is 0 Å². The molecule has 0 fully saturated rings. The number of halogens is 1. The lowest BCUT2D eigenvalue weighted by Crippen LogP contribution is -2.06. The summed E-state index contributed by atoms with van der Waals surface area (Å²) in [7, 11) is 1.80. The highest BCUT2D eigenvalue weighted by Gasteiger charge is 2.14. The topological polar surface area (TPSA) is 38.0 Å². The second kappa shape index (κ2) is 3.82. The van der Waals surface area contributed by atoms with Crippen LogP contribution in [0.5, 0.6) is 0 Å². The summed E-state index contributed by atoms with van der Waals surface area (Å²) in [6, 6.07) is 5.74. The summed E-state index contributed by atoms with van der Waals surface area (Å²) < 4.78 is 14.4. The first-order chi connectivity index (χ1) is 7.18. The van der Waals surface area contributed by atoms with Gasteiger partial charge in [-0.15, -0.1) is 0 Å². The van der Waals surface area contributed by atoms with E-state index in [1.807, 2.05) is 0 Å². The van der Waals surface area contributed by atoms with Crippen molar-refractivity contribution in [2.75, 3.05) is 0 Å². The zero-order valence-electron chi connectivity index (χ0n) is 8.26. The fraction of sp³-hybridized carbons (Fsp3) is 0.182. The first kappa shape index (κ1) is 9.86. The van der Waals surface area contributed by atoms with Gasteiger partial charge >= 0.3 is 0 Å². The molecule has 0 saturated carbocycles. The van der Waals surface area contributed by atoms with E-state index in [9.17, 15) is 9.50 Å². The maximum atomic E-state index is 12.7. The number of nitrogens with zero attached hydrogens (tertiary/aromatic N) is 2. The van der Waals surface area contributed by atoms with Crippen molar-refractivity contribution in [3.63, 3.8) is 0 Å². The lowest BCUT2D eigenvalue weighted by atomic mass is 10.1. The SMILES string of the molecule is Cn1ccnc1C(O)c1ccc(F)cc1. The highest BCUT2D eigenvalue weighted by Crippen LogP contribution is 2.19. The van der Waals surface area contributed by atoms with Crippen molar-refractivity contribution < 1.29 is 9.50 Å². The lowest BCUT2D eigenvalue weighted by Gasteiger charge is -2.10. The van der Waals surface area contributed by atoms with Crippen LogP contribution in [0.25, 0.3) is 0 Å². The lowest BCUT2D eigenvalue weighted by molar-refractivity contribution is 0.206. The van der Waals surface area contributed by atoms with Crippen LogP contribution in [-0.2, 0) is 7.05 Å². The zero-order valence-corrected chi connectivity index (χ0v) is 8.26. The molecule has 15 heavy (non-hydrogen) atoms. The van der Waals surface area contributed by atoms with E-state index in [4.69, 9.17) is 0 Å². The largest absolute Gasteiger partial charge is 0.380 e. The van der Waals surface area contributed by atoms with Crippen LogP contribution in [0.1, 0.15) is 17.5 Å². The fourth-order valence-electron chi connectivity index (χ4n) is 1.43. The molecule has 0 aliphatic heterocycles. The summed E-state index contributed by atoms with van der Waals surface area (Å²) >= 11 is 0. The highest BCUT2D eigenvalue weighted by molar-refractivity contribution is 5.23. The number of hydrogen-bond donors (Lipinski definition) is 1. The Morgan fingerprint density at radius 3 is 2.53 bits per heavy atom. The van der Waals surface area contributed by atoms with E-state index in [0.29, 0.717) is 11.4 Å². The van der Waals surface area contributed by atoms with Gasteiger partial charge in [0.2, 0.25) is 0 Å². The number of hydrogen-bond acceptors (Lipinski definition) is 2. The molecule has 0 amide bonds. The predicted molar refractivity (Wildman–Crippen MR) is 53.7 cm³/mol. The highest BCUT2D eigenvalue weighted by atomic mass is 19.1. The number of aliphatic hydroxyl groups excluding tert-OH is 1. The Bertz CT molecular complexity index is 450. The van der Waals surface area contributed by atoms with Gasteiger partial charge < -0.3 is 9.67 Å². The Morgan fingerprint density at radius 2 is 2.00 bits per heavy atom. The third-order valence-electron chi connectivity index (χ3n) is 2.29. The second-order valence-corrected chi connectivity index (χ2v) is 3.35. The Morgan fingerprint density at radius 1 is 1.33 bits per heavy atom. The van der Waals surface area contributed by atoms with E-state index in [-0.39, 0.29) is 5.82 Å². The molecule has 0 bridgehead atoms. The Labute approximate surface area is 86.8 Å². The molecule has 0 saturated heterocycles. The molecule has 1 aromatic heterocycles. The molecule has 0 aliphatic carbocycles. The standard InChI is InChI=1S/C11H11FN2O/c1-14-7-6-13-11(14)10(15)8-2-4-9(12)5-3-8/h2-7,10,15H,1H3. The molecule has 2 aromatic rings. The van der Waals surface area contributed by atoms with Gasteiger partial charge in [-0.25, -0.2) is 9.37 Å². The number of aromatic nitrogens is 2. The minimum absolute atomic E-state index is 0.314. The van der Waals surface area contributed by atoms with Gasteiger partial charge in [0.25, 0.3) is 0 Å². The first-order valence-electron chi connectivity index (χ1n) is 4.59. The van der Waals surface area contributed by atoms with Gasteiger partial charge in [0.1, 0.15) is 17.7 Å². The number of aryl methyl sites for hydroxylation is 1. The van der Waals surface area contributed by atoms with Crippen molar-refractivity contribution in [3.8, 4) is 0 Å². The van der Waals surface area contributed by atoms with E-state index in [1.54, 1.807) is 36.1 Å². The summed E-state index contributed by atoms with van der Waals surface area (Å²) in [5.74, 6) is 0.229. The molecular weight excluding hydrogens is 195 g/mol. The number of benzene rings is 1. The van der Waals surface area contributed by atoms with Crippen molar-refractivity contribution in [2.45, 2.75) is 6.10 Å². The molecular formula is C11H11FN2O. The third kappa shape index (κ3) is 1.89. The number of rotatable bonds is 2. The maximum absolute atomic E-state index is 12.7. The van der Waals surface area contributed by atoms with Gasteiger partial charge in [-0.1, -0.05) is 12.1 Å². The number of aliphatic hydroxyl groups is 1. The average Bonchev–Trinajstić information content (AvgIpc) is 2.65. The molecule has 4 heteroatoms. The molecule has 1 heterocycles. The molecule has 1 atom stereocenters. The molecule has 1 N–H and O–H groups in total. The average molecular weight is 206 g/mol. The monoisotopic (exact) mass is 206 g/mol. The molecule has 0 radical (unpaired) electrons. The maximum Gasteiger partial charge on any atom is 0.142 e. The van der Waals surface area contributed by atoms with Gasteiger partial charge in [0, 0.05) is 19.4 Å². The predicted octanol–water partition coefficient (Wildman–Crippen LogP) is 1.64.